The molecule has 2 heterocycles. The van der Waals surface area contributed by atoms with Gasteiger partial charge in [-0.3, -0.25) is 4.79 Å². The minimum atomic E-state index is -0.0324. The van der Waals surface area contributed by atoms with Crippen molar-refractivity contribution in [2.75, 3.05) is 12.8 Å². The van der Waals surface area contributed by atoms with E-state index in [4.69, 9.17) is 0 Å². The van der Waals surface area contributed by atoms with Gasteiger partial charge in [-0.15, -0.1) is 0 Å². The van der Waals surface area contributed by atoms with Crippen molar-refractivity contribution in [1.29, 1.82) is 0 Å². The van der Waals surface area contributed by atoms with Gasteiger partial charge in [0.1, 0.15) is 6.33 Å². The molecule has 0 spiro atoms. The van der Waals surface area contributed by atoms with Gasteiger partial charge in [-0.1, -0.05) is 11.8 Å². The Bertz CT molecular complexity index is 498. The van der Waals surface area contributed by atoms with Crippen molar-refractivity contribution in [3.8, 4) is 11.4 Å². The van der Waals surface area contributed by atoms with Crippen molar-refractivity contribution in [3.05, 3.63) is 24.8 Å². The Hall–Kier alpha value is -1.89. The summed E-state index contributed by atoms with van der Waals surface area (Å²) in [6.45, 7) is 0. The van der Waals surface area contributed by atoms with Gasteiger partial charge < -0.3 is 10.3 Å². The van der Waals surface area contributed by atoms with E-state index in [-0.39, 0.29) is 5.91 Å². The van der Waals surface area contributed by atoms with Crippen LogP contribution in [0, 0.1) is 0 Å². The number of hydrogen-bond acceptors (Lipinski definition) is 5. The number of amides is 1. The monoisotopic (exact) mass is 249 g/mol. The third kappa shape index (κ3) is 3.04. The molecule has 2 aromatic heterocycles. The highest BCUT2D eigenvalue weighted by atomic mass is 32.2. The molecule has 2 aromatic rings. The molecule has 7 heteroatoms. The van der Waals surface area contributed by atoms with Crippen LogP contribution in [0.1, 0.15) is 0 Å². The van der Waals surface area contributed by atoms with Crippen LogP contribution in [-0.2, 0) is 4.79 Å². The van der Waals surface area contributed by atoms with E-state index in [1.54, 1.807) is 25.5 Å². The smallest absolute Gasteiger partial charge is 0.230 e. The van der Waals surface area contributed by atoms with E-state index in [2.05, 4.69) is 25.3 Å². The number of carbonyl (C=O) groups excluding carboxylic acids is 1. The first-order valence-corrected chi connectivity index (χ1v) is 5.93. The van der Waals surface area contributed by atoms with Gasteiger partial charge in [-0.05, 0) is 6.07 Å². The van der Waals surface area contributed by atoms with E-state index in [0.717, 1.165) is 11.4 Å². The van der Waals surface area contributed by atoms with Crippen molar-refractivity contribution in [1.82, 2.24) is 25.3 Å². The molecular formula is C10H11N5OS. The van der Waals surface area contributed by atoms with Crippen LogP contribution < -0.4 is 5.32 Å². The van der Waals surface area contributed by atoms with E-state index in [1.807, 2.05) is 0 Å². The van der Waals surface area contributed by atoms with E-state index in [0.29, 0.717) is 10.9 Å². The summed E-state index contributed by atoms with van der Waals surface area (Å²) in [5.41, 5.74) is 1.59. The largest absolute Gasteiger partial charge is 0.358 e. The molecule has 0 saturated heterocycles. The van der Waals surface area contributed by atoms with E-state index >= 15 is 0 Å². The molecule has 88 valence electrons. The lowest BCUT2D eigenvalue weighted by Crippen LogP contribution is -2.19. The Morgan fingerprint density at radius 2 is 2.41 bits per heavy atom. The SMILES string of the molecule is CNC(=O)CSc1ncc(-c2ccncn2)[nH]1. The number of carbonyl (C=O) groups is 1. The Balaban J connectivity index is 2.04. The fourth-order valence-corrected chi connectivity index (χ4v) is 1.88. The molecular weight excluding hydrogens is 238 g/mol. The first-order chi connectivity index (χ1) is 8.29. The van der Waals surface area contributed by atoms with Crippen LogP contribution in [-0.4, -0.2) is 38.6 Å². The van der Waals surface area contributed by atoms with Crippen LogP contribution >= 0.6 is 11.8 Å². The molecule has 0 fully saturated rings. The number of nitrogens with one attached hydrogen (secondary N) is 2. The molecule has 0 aliphatic carbocycles. The lowest BCUT2D eigenvalue weighted by molar-refractivity contribution is -0.118. The molecule has 6 nitrogen and oxygen atoms in total. The number of aromatic nitrogens is 4. The quantitative estimate of drug-likeness (QED) is 0.779. The van der Waals surface area contributed by atoms with E-state index < -0.39 is 0 Å². The van der Waals surface area contributed by atoms with Crippen LogP contribution in [0.4, 0.5) is 0 Å². The average molecular weight is 249 g/mol. The molecule has 2 rings (SSSR count). The molecule has 0 radical (unpaired) electrons. The second kappa shape index (κ2) is 5.44. The molecule has 17 heavy (non-hydrogen) atoms. The molecule has 0 unspecified atom stereocenters. The number of imidazole rings is 1. The van der Waals surface area contributed by atoms with Gasteiger partial charge in [0.05, 0.1) is 23.3 Å². The summed E-state index contributed by atoms with van der Waals surface area (Å²) < 4.78 is 0. The van der Waals surface area contributed by atoms with Crippen molar-refractivity contribution in [3.63, 3.8) is 0 Å². The lowest BCUT2D eigenvalue weighted by Gasteiger charge is -1.97. The van der Waals surface area contributed by atoms with Gasteiger partial charge in [0.2, 0.25) is 5.91 Å². The highest BCUT2D eigenvalue weighted by molar-refractivity contribution is 7.99. The molecule has 0 aromatic carbocycles. The van der Waals surface area contributed by atoms with Crippen LogP contribution in [0.25, 0.3) is 11.4 Å². The predicted molar refractivity (Wildman–Crippen MR) is 64.4 cm³/mol. The third-order valence-electron chi connectivity index (χ3n) is 2.03. The minimum absolute atomic E-state index is 0.0324. The molecule has 0 aliphatic rings. The number of H-pyrrole nitrogens is 1. The minimum Gasteiger partial charge on any atom is -0.358 e. The number of thioether (sulfide) groups is 1. The average Bonchev–Trinajstić information content (AvgIpc) is 2.86. The Labute approximate surface area is 102 Å². The summed E-state index contributed by atoms with van der Waals surface area (Å²) in [7, 11) is 1.61. The van der Waals surface area contributed by atoms with Gasteiger partial charge >= 0.3 is 0 Å². The highest BCUT2D eigenvalue weighted by Gasteiger charge is 2.06. The fraction of sp³-hybridized carbons (Fsp3) is 0.200. The highest BCUT2D eigenvalue weighted by Crippen LogP contribution is 2.18. The topological polar surface area (TPSA) is 83.6 Å². The van der Waals surface area contributed by atoms with E-state index in [9.17, 15) is 4.79 Å². The second-order valence-electron chi connectivity index (χ2n) is 3.16. The summed E-state index contributed by atoms with van der Waals surface area (Å²) in [5, 5.41) is 3.25. The number of rotatable bonds is 4. The summed E-state index contributed by atoms with van der Waals surface area (Å²) >= 11 is 1.35. The zero-order valence-corrected chi connectivity index (χ0v) is 9.99. The zero-order valence-electron chi connectivity index (χ0n) is 9.17. The van der Waals surface area contributed by atoms with Crippen LogP contribution in [0.2, 0.25) is 0 Å². The summed E-state index contributed by atoms with van der Waals surface area (Å²) in [4.78, 5) is 26.3. The number of aromatic amines is 1. The van der Waals surface area contributed by atoms with Gasteiger partial charge in [-0.2, -0.15) is 0 Å². The third-order valence-corrected chi connectivity index (χ3v) is 2.92. The summed E-state index contributed by atoms with van der Waals surface area (Å²) in [5.74, 6) is 0.308. The van der Waals surface area contributed by atoms with Crippen LogP contribution in [0.5, 0.6) is 0 Å². The molecule has 0 aliphatic heterocycles. The zero-order chi connectivity index (χ0) is 12.1. The summed E-state index contributed by atoms with van der Waals surface area (Å²) in [6, 6.07) is 1.79. The van der Waals surface area contributed by atoms with Gasteiger partial charge in [0.25, 0.3) is 0 Å². The van der Waals surface area contributed by atoms with Gasteiger partial charge in [-0.25, -0.2) is 15.0 Å². The second-order valence-corrected chi connectivity index (χ2v) is 4.12. The van der Waals surface area contributed by atoms with Crippen molar-refractivity contribution < 1.29 is 4.79 Å². The first-order valence-electron chi connectivity index (χ1n) is 4.94. The Morgan fingerprint density at radius 1 is 1.53 bits per heavy atom. The summed E-state index contributed by atoms with van der Waals surface area (Å²) in [6.07, 6.45) is 4.84. The molecule has 0 atom stereocenters. The molecule has 0 bridgehead atoms. The molecule has 2 N–H and O–H groups in total. The molecule has 0 saturated carbocycles. The fourth-order valence-electron chi connectivity index (χ4n) is 1.16. The maximum Gasteiger partial charge on any atom is 0.230 e. The van der Waals surface area contributed by atoms with Crippen LogP contribution in [0.15, 0.2) is 29.9 Å². The van der Waals surface area contributed by atoms with Gasteiger partial charge in [0.15, 0.2) is 5.16 Å². The molecule has 1 amide bonds. The predicted octanol–water partition coefficient (Wildman–Crippen LogP) is 0.705. The van der Waals surface area contributed by atoms with Crippen molar-refractivity contribution >= 4 is 17.7 Å². The maximum atomic E-state index is 11.1. The standard InChI is InChI=1S/C10H11N5OS/c1-11-9(16)5-17-10-13-4-8(15-10)7-2-3-12-6-14-7/h2-4,6H,5H2,1H3,(H,11,16)(H,13,15). The number of nitrogens with zero attached hydrogens (tertiary/aromatic N) is 3. The number of hydrogen-bond donors (Lipinski definition) is 2. The maximum absolute atomic E-state index is 11.1. The normalized spacial score (nSPS) is 10.2. The first kappa shape index (κ1) is 11.6. The van der Waals surface area contributed by atoms with Crippen LogP contribution in [0.3, 0.4) is 0 Å². The van der Waals surface area contributed by atoms with E-state index in [1.165, 1.54) is 18.1 Å². The van der Waals surface area contributed by atoms with Crippen molar-refractivity contribution in [2.24, 2.45) is 0 Å². The lowest BCUT2D eigenvalue weighted by atomic mass is 10.3. The Morgan fingerprint density at radius 3 is 3.12 bits per heavy atom. The Kier molecular flexibility index (Phi) is 3.71. The van der Waals surface area contributed by atoms with Gasteiger partial charge in [0, 0.05) is 13.2 Å². The van der Waals surface area contributed by atoms with Crippen molar-refractivity contribution in [2.45, 2.75) is 5.16 Å².